The van der Waals surface area contributed by atoms with Gasteiger partial charge >= 0.3 is 0 Å². The van der Waals surface area contributed by atoms with Gasteiger partial charge in [0.05, 0.1) is 26.0 Å². The van der Waals surface area contributed by atoms with Crippen molar-refractivity contribution in [2.75, 3.05) is 13.1 Å². The third-order valence-corrected chi connectivity index (χ3v) is 5.48. The highest BCUT2D eigenvalue weighted by atomic mass is 35.5. The van der Waals surface area contributed by atoms with Crippen LogP contribution in [0.25, 0.3) is 21.5 Å². The molecule has 3 rings (SSSR count). The predicted molar refractivity (Wildman–Crippen MR) is 116 cm³/mol. The summed E-state index contributed by atoms with van der Waals surface area (Å²) in [6.45, 7) is 10.1. The summed E-state index contributed by atoms with van der Waals surface area (Å²) in [6, 6.07) is 13.6. The van der Waals surface area contributed by atoms with Crippen LogP contribution >= 0.6 is 22.9 Å². The maximum Gasteiger partial charge on any atom is 0.254 e. The summed E-state index contributed by atoms with van der Waals surface area (Å²) in [6.07, 6.45) is 0. The topological polar surface area (TPSA) is 33.2 Å². The van der Waals surface area contributed by atoms with E-state index in [2.05, 4.69) is 27.7 Å². The second-order valence-electron chi connectivity index (χ2n) is 7.67. The van der Waals surface area contributed by atoms with E-state index in [9.17, 15) is 4.79 Å². The van der Waals surface area contributed by atoms with Crippen molar-refractivity contribution in [3.63, 3.8) is 0 Å². The van der Waals surface area contributed by atoms with Crippen LogP contribution in [0.15, 0.2) is 42.5 Å². The van der Waals surface area contributed by atoms with Crippen LogP contribution in [0.2, 0.25) is 4.34 Å². The highest BCUT2D eigenvalue weighted by Gasteiger charge is 2.21. The van der Waals surface area contributed by atoms with Gasteiger partial charge in [-0.3, -0.25) is 4.79 Å². The molecule has 0 radical (unpaired) electrons. The van der Waals surface area contributed by atoms with Crippen molar-refractivity contribution in [2.45, 2.75) is 27.7 Å². The molecule has 0 bridgehead atoms. The summed E-state index contributed by atoms with van der Waals surface area (Å²) >= 11 is 7.59. The minimum absolute atomic E-state index is 0.0694. The van der Waals surface area contributed by atoms with E-state index in [1.54, 1.807) is 0 Å². The lowest BCUT2D eigenvalue weighted by Gasteiger charge is -2.27. The Bertz CT molecular complexity index is 938. The Morgan fingerprint density at radius 3 is 2.33 bits per heavy atom. The first-order chi connectivity index (χ1) is 12.8. The number of para-hydroxylation sites is 1. The van der Waals surface area contributed by atoms with Crippen molar-refractivity contribution < 1.29 is 4.79 Å². The first kappa shape index (κ1) is 19.8. The molecule has 0 saturated carbocycles. The number of benzene rings is 1. The predicted octanol–water partition coefficient (Wildman–Crippen LogP) is 6.37. The number of fused-ring (bicyclic) bond motifs is 1. The molecule has 0 spiro atoms. The fraction of sp³-hybridized carbons (Fsp3) is 0.364. The number of carbonyl (C=O) groups is 1. The van der Waals surface area contributed by atoms with Gasteiger partial charge in [-0.05, 0) is 36.1 Å². The number of hydrogen-bond donors (Lipinski definition) is 0. The zero-order valence-corrected chi connectivity index (χ0v) is 17.8. The van der Waals surface area contributed by atoms with E-state index in [4.69, 9.17) is 16.6 Å². The number of aromatic nitrogens is 1. The molecule has 0 N–H and O–H groups in total. The van der Waals surface area contributed by atoms with Gasteiger partial charge in [-0.25, -0.2) is 4.98 Å². The SMILES string of the molecule is CC(C)CN(CC(C)C)C(=O)c1cc(-c2ccc(Cl)s2)nc2ccccc12. The summed E-state index contributed by atoms with van der Waals surface area (Å²) in [5, 5.41) is 0.895. The van der Waals surface area contributed by atoms with Crippen molar-refractivity contribution in [2.24, 2.45) is 11.8 Å². The molecule has 0 aliphatic rings. The number of carbonyl (C=O) groups excluding carboxylic acids is 1. The Morgan fingerprint density at radius 2 is 1.74 bits per heavy atom. The Balaban J connectivity index is 2.11. The van der Waals surface area contributed by atoms with Crippen molar-refractivity contribution in [3.05, 3.63) is 52.4 Å². The molecule has 3 nitrogen and oxygen atoms in total. The molecule has 1 aromatic carbocycles. The lowest BCUT2D eigenvalue weighted by Crippen LogP contribution is -2.37. The first-order valence-electron chi connectivity index (χ1n) is 9.30. The van der Waals surface area contributed by atoms with E-state index < -0.39 is 0 Å². The van der Waals surface area contributed by atoms with Crippen LogP contribution in [0.3, 0.4) is 0 Å². The second-order valence-corrected chi connectivity index (χ2v) is 9.39. The van der Waals surface area contributed by atoms with Crippen LogP contribution in [0.1, 0.15) is 38.1 Å². The number of hydrogen-bond acceptors (Lipinski definition) is 3. The van der Waals surface area contributed by atoms with Gasteiger partial charge in [0.25, 0.3) is 5.91 Å². The first-order valence-corrected chi connectivity index (χ1v) is 10.5. The van der Waals surface area contributed by atoms with Gasteiger partial charge in [0.2, 0.25) is 0 Å². The molecule has 2 aromatic heterocycles. The molecular weight excluding hydrogens is 376 g/mol. The summed E-state index contributed by atoms with van der Waals surface area (Å²) in [5.74, 6) is 0.896. The van der Waals surface area contributed by atoms with E-state index in [-0.39, 0.29) is 5.91 Å². The molecular formula is C22H25ClN2OS. The summed E-state index contributed by atoms with van der Waals surface area (Å²) < 4.78 is 0.717. The summed E-state index contributed by atoms with van der Waals surface area (Å²) in [5.41, 5.74) is 2.33. The van der Waals surface area contributed by atoms with Crippen LogP contribution in [0.5, 0.6) is 0 Å². The molecule has 27 heavy (non-hydrogen) atoms. The average molecular weight is 401 g/mol. The Labute approximate surface area is 170 Å². The lowest BCUT2D eigenvalue weighted by molar-refractivity contribution is 0.0717. The Morgan fingerprint density at radius 1 is 1.07 bits per heavy atom. The number of halogens is 1. The monoisotopic (exact) mass is 400 g/mol. The molecule has 0 aliphatic carbocycles. The fourth-order valence-electron chi connectivity index (χ4n) is 3.22. The van der Waals surface area contributed by atoms with Crippen LogP contribution < -0.4 is 0 Å². The maximum atomic E-state index is 13.5. The summed E-state index contributed by atoms with van der Waals surface area (Å²) in [7, 11) is 0. The third-order valence-electron chi connectivity index (χ3n) is 4.23. The van der Waals surface area contributed by atoms with Gasteiger partial charge in [-0.1, -0.05) is 57.5 Å². The fourth-order valence-corrected chi connectivity index (χ4v) is 4.23. The smallest absolute Gasteiger partial charge is 0.254 e. The molecule has 0 fully saturated rings. The minimum atomic E-state index is 0.0694. The molecule has 0 atom stereocenters. The average Bonchev–Trinajstić information content (AvgIpc) is 3.05. The van der Waals surface area contributed by atoms with E-state index in [0.29, 0.717) is 21.7 Å². The number of rotatable bonds is 6. The quantitative estimate of drug-likeness (QED) is 0.481. The zero-order chi connectivity index (χ0) is 19.6. The number of nitrogens with zero attached hydrogens (tertiary/aromatic N) is 2. The highest BCUT2D eigenvalue weighted by Crippen LogP contribution is 2.32. The zero-order valence-electron chi connectivity index (χ0n) is 16.2. The molecule has 0 unspecified atom stereocenters. The van der Waals surface area contributed by atoms with Crippen LogP contribution in [0, 0.1) is 11.8 Å². The van der Waals surface area contributed by atoms with Gasteiger partial charge in [-0.2, -0.15) is 0 Å². The van der Waals surface area contributed by atoms with Gasteiger partial charge < -0.3 is 4.90 Å². The third kappa shape index (κ3) is 4.69. The largest absolute Gasteiger partial charge is 0.338 e. The highest BCUT2D eigenvalue weighted by molar-refractivity contribution is 7.19. The van der Waals surface area contributed by atoms with Gasteiger partial charge in [0, 0.05) is 18.5 Å². The Hall–Kier alpha value is -1.91. The molecule has 1 amide bonds. The second kappa shape index (κ2) is 8.41. The van der Waals surface area contributed by atoms with Crippen molar-refractivity contribution in [1.29, 1.82) is 0 Å². The van der Waals surface area contributed by atoms with Crippen LogP contribution in [-0.2, 0) is 0 Å². The minimum Gasteiger partial charge on any atom is -0.338 e. The molecule has 142 valence electrons. The normalized spacial score (nSPS) is 11.5. The molecule has 2 heterocycles. The van der Waals surface area contributed by atoms with E-state index in [1.165, 1.54) is 11.3 Å². The van der Waals surface area contributed by atoms with Gasteiger partial charge in [0.1, 0.15) is 0 Å². The van der Waals surface area contributed by atoms with Crippen molar-refractivity contribution >= 4 is 39.7 Å². The summed E-state index contributed by atoms with van der Waals surface area (Å²) in [4.78, 5) is 21.2. The van der Waals surface area contributed by atoms with E-state index in [0.717, 1.165) is 34.6 Å². The van der Waals surface area contributed by atoms with E-state index >= 15 is 0 Å². The van der Waals surface area contributed by atoms with Gasteiger partial charge in [-0.15, -0.1) is 11.3 Å². The number of thiophene rings is 1. The van der Waals surface area contributed by atoms with Crippen LogP contribution in [-0.4, -0.2) is 28.9 Å². The van der Waals surface area contributed by atoms with Crippen molar-refractivity contribution in [1.82, 2.24) is 9.88 Å². The number of amides is 1. The maximum absolute atomic E-state index is 13.5. The molecule has 5 heteroatoms. The number of pyridine rings is 1. The lowest BCUT2D eigenvalue weighted by atomic mass is 10.0. The van der Waals surface area contributed by atoms with Gasteiger partial charge in [0.15, 0.2) is 0 Å². The Kier molecular flexibility index (Phi) is 6.18. The molecule has 0 aliphatic heterocycles. The van der Waals surface area contributed by atoms with E-state index in [1.807, 2.05) is 47.4 Å². The molecule has 0 saturated heterocycles. The van der Waals surface area contributed by atoms with Crippen molar-refractivity contribution in [3.8, 4) is 10.6 Å². The molecule has 3 aromatic rings. The standard InChI is InChI=1S/C22H25ClN2OS/c1-14(2)12-25(13-15(3)4)22(26)17-11-19(20-9-10-21(23)27-20)24-18-8-6-5-7-16(17)18/h5-11,14-15H,12-13H2,1-4H3. The van der Waals surface area contributed by atoms with Crippen LogP contribution in [0.4, 0.5) is 0 Å².